The average molecular weight is 250 g/mol. The van der Waals surface area contributed by atoms with E-state index in [-0.39, 0.29) is 11.9 Å². The fraction of sp³-hybridized carbons (Fsp3) is 0.692. The zero-order valence-electron chi connectivity index (χ0n) is 11.1. The number of likely N-dealkylation sites (tertiary alicyclic amines) is 1. The van der Waals surface area contributed by atoms with E-state index in [0.29, 0.717) is 12.3 Å². The number of H-pyrrole nitrogens is 1. The maximum absolute atomic E-state index is 12.2. The van der Waals surface area contributed by atoms with Crippen LogP contribution in [0, 0.1) is 12.8 Å². The molecule has 1 amide bonds. The van der Waals surface area contributed by atoms with E-state index in [9.17, 15) is 4.79 Å². The molecule has 1 aliphatic rings. The molecule has 0 spiro atoms. The number of piperidine rings is 1. The summed E-state index contributed by atoms with van der Waals surface area (Å²) in [5.74, 6) is 0.593. The maximum atomic E-state index is 12.2. The van der Waals surface area contributed by atoms with Gasteiger partial charge in [-0.2, -0.15) is 5.10 Å². The van der Waals surface area contributed by atoms with Crippen molar-refractivity contribution >= 4 is 5.91 Å². The molecule has 5 heteroatoms. The largest absolute Gasteiger partial charge is 0.342 e. The molecule has 0 unspecified atom stereocenters. The number of nitrogens with one attached hydrogen (secondary N) is 1. The minimum absolute atomic E-state index is 0.159. The Morgan fingerprint density at radius 3 is 3.11 bits per heavy atom. The van der Waals surface area contributed by atoms with Crippen molar-refractivity contribution in [1.82, 2.24) is 15.1 Å². The van der Waals surface area contributed by atoms with Crippen molar-refractivity contribution in [2.24, 2.45) is 11.7 Å². The van der Waals surface area contributed by atoms with Gasteiger partial charge < -0.3 is 10.6 Å². The van der Waals surface area contributed by atoms with Gasteiger partial charge in [-0.1, -0.05) is 0 Å². The quantitative estimate of drug-likeness (QED) is 0.835. The fourth-order valence-electron chi connectivity index (χ4n) is 2.50. The monoisotopic (exact) mass is 250 g/mol. The standard InChI is InChI=1S/C13H22N4O/c1-9-6-12(16-15-9)7-13(18)17-5-3-4-11(8-17)10(2)14/h6,10-11H,3-5,7-8,14H2,1-2H3,(H,15,16)/t10-,11-/m1/s1. The summed E-state index contributed by atoms with van der Waals surface area (Å²) in [6.45, 7) is 5.61. The first-order valence-corrected chi connectivity index (χ1v) is 6.60. The number of nitrogens with zero attached hydrogens (tertiary/aromatic N) is 2. The highest BCUT2D eigenvalue weighted by Crippen LogP contribution is 2.19. The third-order valence-corrected chi connectivity index (χ3v) is 3.65. The second kappa shape index (κ2) is 5.52. The Morgan fingerprint density at radius 1 is 1.72 bits per heavy atom. The van der Waals surface area contributed by atoms with Crippen LogP contribution in [0.1, 0.15) is 31.2 Å². The Kier molecular flexibility index (Phi) is 4.01. The summed E-state index contributed by atoms with van der Waals surface area (Å²) in [5.41, 5.74) is 7.74. The molecule has 0 aromatic carbocycles. The van der Waals surface area contributed by atoms with Gasteiger partial charge >= 0.3 is 0 Å². The van der Waals surface area contributed by atoms with Crippen molar-refractivity contribution in [3.8, 4) is 0 Å². The van der Waals surface area contributed by atoms with E-state index >= 15 is 0 Å². The Bertz CT molecular complexity index is 413. The highest BCUT2D eigenvalue weighted by Gasteiger charge is 2.25. The zero-order valence-corrected chi connectivity index (χ0v) is 11.1. The Balaban J connectivity index is 1.92. The van der Waals surface area contributed by atoms with Gasteiger partial charge in [-0.15, -0.1) is 0 Å². The van der Waals surface area contributed by atoms with Crippen LogP contribution in [0.15, 0.2) is 6.07 Å². The number of rotatable bonds is 3. The van der Waals surface area contributed by atoms with Crippen LogP contribution in [-0.2, 0) is 11.2 Å². The van der Waals surface area contributed by atoms with Crippen molar-refractivity contribution in [3.63, 3.8) is 0 Å². The number of aromatic amines is 1. The number of aromatic nitrogens is 2. The molecular weight excluding hydrogens is 228 g/mol. The maximum Gasteiger partial charge on any atom is 0.228 e. The van der Waals surface area contributed by atoms with E-state index in [2.05, 4.69) is 10.2 Å². The molecule has 1 aliphatic heterocycles. The number of amides is 1. The third kappa shape index (κ3) is 3.10. The summed E-state index contributed by atoms with van der Waals surface area (Å²) in [5, 5.41) is 6.97. The van der Waals surface area contributed by atoms with Gasteiger partial charge in [-0.25, -0.2) is 0 Å². The molecule has 1 fully saturated rings. The number of nitrogens with two attached hydrogens (primary N) is 1. The summed E-state index contributed by atoms with van der Waals surface area (Å²) in [6.07, 6.45) is 2.57. The molecule has 1 aromatic heterocycles. The number of carbonyl (C=O) groups excluding carboxylic acids is 1. The molecule has 100 valence electrons. The lowest BCUT2D eigenvalue weighted by Gasteiger charge is -2.34. The minimum Gasteiger partial charge on any atom is -0.342 e. The molecule has 0 radical (unpaired) electrons. The van der Waals surface area contributed by atoms with Crippen LogP contribution in [0.25, 0.3) is 0 Å². The number of hydrogen-bond acceptors (Lipinski definition) is 3. The van der Waals surface area contributed by atoms with E-state index in [1.807, 2.05) is 24.8 Å². The highest BCUT2D eigenvalue weighted by atomic mass is 16.2. The second-order valence-corrected chi connectivity index (χ2v) is 5.32. The fourth-order valence-corrected chi connectivity index (χ4v) is 2.50. The van der Waals surface area contributed by atoms with Gasteiger partial charge in [0.15, 0.2) is 0 Å². The van der Waals surface area contributed by atoms with Crippen LogP contribution >= 0.6 is 0 Å². The molecule has 2 atom stereocenters. The Hall–Kier alpha value is -1.36. The molecule has 0 bridgehead atoms. The van der Waals surface area contributed by atoms with Crippen molar-refractivity contribution in [3.05, 3.63) is 17.5 Å². The molecule has 5 nitrogen and oxygen atoms in total. The van der Waals surface area contributed by atoms with E-state index in [4.69, 9.17) is 5.73 Å². The Morgan fingerprint density at radius 2 is 2.50 bits per heavy atom. The first-order chi connectivity index (χ1) is 8.56. The van der Waals surface area contributed by atoms with Crippen molar-refractivity contribution in [1.29, 1.82) is 0 Å². The van der Waals surface area contributed by atoms with Gasteiger partial charge in [-0.05, 0) is 38.7 Å². The molecule has 0 aliphatic carbocycles. The van der Waals surface area contributed by atoms with E-state index in [0.717, 1.165) is 37.3 Å². The van der Waals surface area contributed by atoms with E-state index in [1.54, 1.807) is 0 Å². The predicted octanol–water partition coefficient (Wildman–Crippen LogP) is 0.846. The molecule has 2 heterocycles. The number of aryl methyl sites for hydroxylation is 1. The van der Waals surface area contributed by atoms with Crippen molar-refractivity contribution < 1.29 is 4.79 Å². The summed E-state index contributed by atoms with van der Waals surface area (Å²) in [7, 11) is 0. The van der Waals surface area contributed by atoms with Crippen LogP contribution in [0.3, 0.4) is 0 Å². The lowest BCUT2D eigenvalue weighted by atomic mass is 9.92. The first kappa shape index (κ1) is 13.1. The smallest absolute Gasteiger partial charge is 0.228 e. The third-order valence-electron chi connectivity index (χ3n) is 3.65. The summed E-state index contributed by atoms with van der Waals surface area (Å²) in [6, 6.07) is 2.08. The molecule has 3 N–H and O–H groups in total. The van der Waals surface area contributed by atoms with Crippen molar-refractivity contribution in [2.75, 3.05) is 13.1 Å². The van der Waals surface area contributed by atoms with Crippen LogP contribution in [0.2, 0.25) is 0 Å². The molecular formula is C13H22N4O. The predicted molar refractivity (Wildman–Crippen MR) is 70.0 cm³/mol. The van der Waals surface area contributed by atoms with Gasteiger partial charge in [0.05, 0.1) is 12.1 Å². The summed E-state index contributed by atoms with van der Waals surface area (Å²) >= 11 is 0. The van der Waals surface area contributed by atoms with Crippen molar-refractivity contribution in [2.45, 2.75) is 39.2 Å². The zero-order chi connectivity index (χ0) is 13.1. The molecule has 1 aromatic rings. The van der Waals surface area contributed by atoms with Crippen LogP contribution in [0.5, 0.6) is 0 Å². The number of hydrogen-bond donors (Lipinski definition) is 2. The van der Waals surface area contributed by atoms with Crippen LogP contribution in [0.4, 0.5) is 0 Å². The van der Waals surface area contributed by atoms with Gasteiger partial charge in [0.1, 0.15) is 0 Å². The highest BCUT2D eigenvalue weighted by molar-refractivity contribution is 5.78. The van der Waals surface area contributed by atoms with Gasteiger partial charge in [-0.3, -0.25) is 9.89 Å². The topological polar surface area (TPSA) is 75.0 Å². The van der Waals surface area contributed by atoms with E-state index < -0.39 is 0 Å². The SMILES string of the molecule is Cc1cc(CC(=O)N2CCC[C@@H]([C@@H](C)N)C2)n[nH]1. The van der Waals surface area contributed by atoms with Gasteiger partial charge in [0.2, 0.25) is 5.91 Å². The lowest BCUT2D eigenvalue weighted by molar-refractivity contribution is -0.132. The minimum atomic E-state index is 0.159. The molecule has 1 saturated heterocycles. The molecule has 2 rings (SSSR count). The summed E-state index contributed by atoms with van der Waals surface area (Å²) in [4.78, 5) is 14.1. The second-order valence-electron chi connectivity index (χ2n) is 5.32. The van der Waals surface area contributed by atoms with Gasteiger partial charge in [0, 0.05) is 24.8 Å². The van der Waals surface area contributed by atoms with E-state index in [1.165, 1.54) is 0 Å². The molecule has 18 heavy (non-hydrogen) atoms. The van der Waals surface area contributed by atoms with Crippen LogP contribution in [-0.4, -0.2) is 40.1 Å². The van der Waals surface area contributed by atoms with Crippen LogP contribution < -0.4 is 5.73 Å². The Labute approximate surface area is 108 Å². The van der Waals surface area contributed by atoms with Gasteiger partial charge in [0.25, 0.3) is 0 Å². The molecule has 0 saturated carbocycles. The first-order valence-electron chi connectivity index (χ1n) is 6.60. The summed E-state index contributed by atoms with van der Waals surface area (Å²) < 4.78 is 0. The lowest BCUT2D eigenvalue weighted by Crippen LogP contribution is -2.45. The average Bonchev–Trinajstić information content (AvgIpc) is 2.75. The normalized spacial score (nSPS) is 21.9. The number of carbonyl (C=O) groups is 1.